The summed E-state index contributed by atoms with van der Waals surface area (Å²) in [5.41, 5.74) is 2.99. The van der Waals surface area contributed by atoms with Gasteiger partial charge < -0.3 is 0 Å². The second-order valence-electron chi connectivity index (χ2n) is 7.28. The molecule has 0 unspecified atom stereocenters. The van der Waals surface area contributed by atoms with Crippen LogP contribution in [0.15, 0.2) is 84.9 Å². The number of rotatable bonds is 0. The molecule has 0 amide bonds. The summed E-state index contributed by atoms with van der Waals surface area (Å²) in [6, 6.07) is 31.5. The second kappa shape index (κ2) is 5.56. The summed E-state index contributed by atoms with van der Waals surface area (Å²) < 4.78 is 6.08. The number of thiophene rings is 1. The molecule has 0 aliphatic carbocycles. The van der Waals surface area contributed by atoms with Gasteiger partial charge in [0.2, 0.25) is 0 Å². The van der Waals surface area contributed by atoms with Crippen LogP contribution in [-0.4, -0.2) is 0 Å². The van der Waals surface area contributed by atoms with Crippen molar-refractivity contribution in [2.75, 3.05) is 0 Å². The molecule has 132 valence electrons. The molecule has 0 fully saturated rings. The molecule has 2 heterocycles. The van der Waals surface area contributed by atoms with Crippen LogP contribution in [0.4, 0.5) is 0 Å². The molecule has 1 aromatic heterocycles. The molecule has 0 bridgehead atoms. The van der Waals surface area contributed by atoms with Gasteiger partial charge in [0.05, 0.1) is 0 Å². The number of halogens is 1. The van der Waals surface area contributed by atoms with Crippen molar-refractivity contribution in [1.82, 2.24) is 0 Å². The van der Waals surface area contributed by atoms with Crippen molar-refractivity contribution in [1.29, 1.82) is 0 Å². The average Bonchev–Trinajstić information content (AvgIpc) is 3.33. The molecule has 2 heteroatoms. The van der Waals surface area contributed by atoms with Gasteiger partial charge in [-0.15, -0.1) is 0 Å². The monoisotopic (exact) mass is 485 g/mol. The number of benzene rings is 5. The normalized spacial score (nSPS) is 13.1. The van der Waals surface area contributed by atoms with Gasteiger partial charge in [0.1, 0.15) is 0 Å². The van der Waals surface area contributed by atoms with E-state index in [1.807, 2.05) is 11.3 Å². The van der Waals surface area contributed by atoms with Crippen molar-refractivity contribution < 1.29 is 21.2 Å². The van der Waals surface area contributed by atoms with Crippen LogP contribution in [0.5, 0.6) is 0 Å². The summed E-state index contributed by atoms with van der Waals surface area (Å²) in [5.74, 6) is 0. The van der Waals surface area contributed by atoms with Gasteiger partial charge in [0.15, 0.2) is 0 Å². The molecule has 7 rings (SSSR count). The van der Waals surface area contributed by atoms with Crippen LogP contribution in [0.2, 0.25) is 0 Å². The molecule has 1 aliphatic heterocycles. The van der Waals surface area contributed by atoms with Gasteiger partial charge in [-0.2, -0.15) is 0 Å². The van der Waals surface area contributed by atoms with Crippen molar-refractivity contribution in [3.8, 4) is 11.1 Å². The Kier molecular flexibility index (Phi) is 3.07. The molecule has 0 saturated heterocycles. The molecule has 0 saturated carbocycles. The zero-order valence-electron chi connectivity index (χ0n) is 14.9. The summed E-state index contributed by atoms with van der Waals surface area (Å²) in [6.07, 6.45) is 0. The van der Waals surface area contributed by atoms with E-state index < -0.39 is 0 Å². The molecule has 0 nitrogen and oxygen atoms in total. The molecule has 0 radical (unpaired) electrons. The van der Waals surface area contributed by atoms with Gasteiger partial charge in [-0.1, -0.05) is 0 Å². The minimum atomic E-state index is -0.133. The Labute approximate surface area is 176 Å². The quantitative estimate of drug-likeness (QED) is 0.278. The SMILES string of the molecule is c1ccc2c(c1)[I-]c1c-2c2sc3c4ccccc4ccc3c2c2ccccc12. The Balaban J connectivity index is 1.80. The molecule has 0 atom stereocenters. The van der Waals surface area contributed by atoms with E-state index in [1.54, 1.807) is 7.14 Å². The van der Waals surface area contributed by atoms with Gasteiger partial charge >= 0.3 is 177 Å². The van der Waals surface area contributed by atoms with E-state index in [-0.39, 0.29) is 21.2 Å². The molecule has 0 N–H and O–H groups in total. The van der Waals surface area contributed by atoms with Gasteiger partial charge in [0, 0.05) is 0 Å². The molecule has 6 aromatic rings. The Bertz CT molecular complexity index is 1590. The van der Waals surface area contributed by atoms with Crippen molar-refractivity contribution in [3.63, 3.8) is 0 Å². The van der Waals surface area contributed by atoms with Crippen LogP contribution < -0.4 is 21.2 Å². The Morgan fingerprint density at radius 3 is 2.25 bits per heavy atom. The van der Waals surface area contributed by atoms with Crippen LogP contribution in [0, 0.1) is 7.14 Å². The van der Waals surface area contributed by atoms with E-state index in [0.717, 1.165) is 0 Å². The van der Waals surface area contributed by atoms with Crippen LogP contribution in [0.3, 0.4) is 0 Å². The van der Waals surface area contributed by atoms with E-state index in [9.17, 15) is 0 Å². The topological polar surface area (TPSA) is 0 Å². The first-order valence-electron chi connectivity index (χ1n) is 9.43. The molecular formula is C26H14IS-. The van der Waals surface area contributed by atoms with Gasteiger partial charge in [0.25, 0.3) is 0 Å². The van der Waals surface area contributed by atoms with Gasteiger partial charge in [-0.05, 0) is 0 Å². The van der Waals surface area contributed by atoms with Crippen LogP contribution in [0.1, 0.15) is 0 Å². The average molecular weight is 485 g/mol. The van der Waals surface area contributed by atoms with Crippen molar-refractivity contribution in [2.45, 2.75) is 0 Å². The van der Waals surface area contributed by atoms with Crippen LogP contribution in [-0.2, 0) is 0 Å². The standard InChI is InChI=1S/C26H14IS/c1-2-8-16-15(7-1)13-14-20-22-17-9-3-4-10-18(17)24-23(26(22)28-25(16)20)19-11-5-6-12-21(19)27-24/h1-14H/q-1. The first-order valence-corrected chi connectivity index (χ1v) is 12.4. The number of fused-ring (bicyclic) bond motifs is 12. The zero-order valence-corrected chi connectivity index (χ0v) is 17.8. The molecular weight excluding hydrogens is 471 g/mol. The summed E-state index contributed by atoms with van der Waals surface area (Å²) in [5, 5.41) is 8.43. The molecule has 1 aliphatic rings. The predicted octanol–water partition coefficient (Wildman–Crippen LogP) is 4.47. The fourth-order valence-corrected chi connectivity index (χ4v) is 9.48. The van der Waals surface area contributed by atoms with E-state index in [2.05, 4.69) is 84.9 Å². The maximum atomic E-state index is 2.34. The van der Waals surface area contributed by atoms with E-state index in [1.165, 1.54) is 52.8 Å². The van der Waals surface area contributed by atoms with E-state index >= 15 is 0 Å². The number of hydrogen-bond acceptors (Lipinski definition) is 1. The van der Waals surface area contributed by atoms with Gasteiger partial charge in [-0.3, -0.25) is 0 Å². The minimum absolute atomic E-state index is 0.133. The Morgan fingerprint density at radius 2 is 1.32 bits per heavy atom. The zero-order chi connectivity index (χ0) is 18.2. The van der Waals surface area contributed by atoms with Crippen molar-refractivity contribution in [3.05, 3.63) is 92.1 Å². The van der Waals surface area contributed by atoms with Crippen LogP contribution >= 0.6 is 11.3 Å². The van der Waals surface area contributed by atoms with E-state index in [4.69, 9.17) is 0 Å². The Hall–Kier alpha value is -2.43. The second-order valence-corrected chi connectivity index (χ2v) is 11.1. The first-order chi connectivity index (χ1) is 13.9. The first kappa shape index (κ1) is 15.5. The summed E-state index contributed by atoms with van der Waals surface area (Å²) in [6.45, 7) is 0. The summed E-state index contributed by atoms with van der Waals surface area (Å²) >= 11 is 1.86. The third-order valence-electron chi connectivity index (χ3n) is 5.80. The van der Waals surface area contributed by atoms with Crippen LogP contribution in [0.25, 0.3) is 52.8 Å². The van der Waals surface area contributed by atoms with Crippen molar-refractivity contribution >= 4 is 53.1 Å². The third kappa shape index (κ3) is 1.90. The van der Waals surface area contributed by atoms with E-state index in [0.29, 0.717) is 0 Å². The maximum absolute atomic E-state index is 2.34. The molecule has 5 aromatic carbocycles. The summed E-state index contributed by atoms with van der Waals surface area (Å²) in [4.78, 5) is 0. The molecule has 28 heavy (non-hydrogen) atoms. The number of hydrogen-bond donors (Lipinski definition) is 0. The van der Waals surface area contributed by atoms with Gasteiger partial charge in [-0.25, -0.2) is 0 Å². The third-order valence-corrected chi connectivity index (χ3v) is 10.2. The molecule has 0 spiro atoms. The van der Waals surface area contributed by atoms with Crippen molar-refractivity contribution in [2.24, 2.45) is 0 Å². The summed E-state index contributed by atoms with van der Waals surface area (Å²) in [7, 11) is 0. The fourth-order valence-electron chi connectivity index (χ4n) is 4.58. The Morgan fingerprint density at radius 1 is 0.571 bits per heavy atom. The predicted molar refractivity (Wildman–Crippen MR) is 117 cm³/mol. The fraction of sp³-hybridized carbons (Fsp3) is 0.